The molecule has 164 valence electrons. The Kier molecular flexibility index (Phi) is 7.23. The second-order valence-electron chi connectivity index (χ2n) is 7.41. The maximum Gasteiger partial charge on any atom is 0.419 e. The molecule has 0 radical (unpaired) electrons. The lowest BCUT2D eigenvalue weighted by Crippen LogP contribution is -2.40. The van der Waals surface area contributed by atoms with E-state index in [1.54, 1.807) is 0 Å². The van der Waals surface area contributed by atoms with Crippen LogP contribution in [0.25, 0.3) is 0 Å². The van der Waals surface area contributed by atoms with Gasteiger partial charge >= 0.3 is 6.18 Å². The largest absolute Gasteiger partial charge is 0.491 e. The Morgan fingerprint density at radius 1 is 1.33 bits per heavy atom. The minimum Gasteiger partial charge on any atom is -0.491 e. The van der Waals surface area contributed by atoms with Crippen molar-refractivity contribution in [1.82, 2.24) is 20.0 Å². The molecule has 1 aromatic carbocycles. The second-order valence-corrected chi connectivity index (χ2v) is 7.41. The monoisotopic (exact) mass is 423 g/mol. The van der Waals surface area contributed by atoms with E-state index in [9.17, 15) is 13.2 Å². The van der Waals surface area contributed by atoms with Gasteiger partial charge in [0.1, 0.15) is 12.4 Å². The maximum absolute atomic E-state index is 13.1. The molecule has 1 aromatic heterocycles. The quantitative estimate of drug-likeness (QED) is 0.422. The standard InChI is InChI=1S/C21H28F3N5O/c1-3-25-20(29-10-8-16(15-29)12-17-13-27-28(2)14-17)26-9-11-30-19-7-5-4-6-18(19)21(22,23)24/h4-7,13-14,16H,3,8-12,15H2,1-2H3,(H,25,26). The molecule has 0 amide bonds. The molecule has 0 aliphatic carbocycles. The molecule has 0 saturated carbocycles. The molecule has 1 N–H and O–H groups in total. The Balaban J connectivity index is 1.54. The summed E-state index contributed by atoms with van der Waals surface area (Å²) >= 11 is 0. The van der Waals surface area contributed by atoms with Crippen LogP contribution >= 0.6 is 0 Å². The Morgan fingerprint density at radius 2 is 2.13 bits per heavy atom. The number of hydrogen-bond donors (Lipinski definition) is 1. The number of halogens is 3. The first-order valence-corrected chi connectivity index (χ1v) is 10.2. The van der Waals surface area contributed by atoms with Gasteiger partial charge < -0.3 is 15.0 Å². The van der Waals surface area contributed by atoms with Crippen molar-refractivity contribution >= 4 is 5.96 Å². The summed E-state index contributed by atoms with van der Waals surface area (Å²) in [6.45, 7) is 4.86. The molecule has 1 atom stereocenters. The first-order valence-electron chi connectivity index (χ1n) is 10.2. The van der Waals surface area contributed by atoms with Gasteiger partial charge in [-0.25, -0.2) is 4.99 Å². The van der Waals surface area contributed by atoms with E-state index in [1.807, 2.05) is 31.0 Å². The summed E-state index contributed by atoms with van der Waals surface area (Å²) in [7, 11) is 1.91. The Hall–Kier alpha value is -2.71. The Bertz CT molecular complexity index is 849. The highest BCUT2D eigenvalue weighted by Crippen LogP contribution is 2.35. The van der Waals surface area contributed by atoms with E-state index in [-0.39, 0.29) is 18.9 Å². The summed E-state index contributed by atoms with van der Waals surface area (Å²) in [4.78, 5) is 6.76. The van der Waals surface area contributed by atoms with Crippen LogP contribution in [0.15, 0.2) is 41.7 Å². The minimum atomic E-state index is -4.44. The summed E-state index contributed by atoms with van der Waals surface area (Å²) < 4.78 is 46.4. The van der Waals surface area contributed by atoms with Gasteiger partial charge in [0, 0.05) is 32.9 Å². The zero-order valence-electron chi connectivity index (χ0n) is 17.3. The van der Waals surface area contributed by atoms with Gasteiger partial charge in [0.05, 0.1) is 18.3 Å². The number of aromatic nitrogens is 2. The number of aryl methyl sites for hydroxylation is 1. The molecule has 9 heteroatoms. The number of hydrogen-bond acceptors (Lipinski definition) is 3. The molecule has 1 aliphatic rings. The number of nitrogens with zero attached hydrogens (tertiary/aromatic N) is 4. The fourth-order valence-electron chi connectivity index (χ4n) is 3.66. The van der Waals surface area contributed by atoms with Crippen LogP contribution in [0, 0.1) is 5.92 Å². The first kappa shape index (κ1) is 22.0. The van der Waals surface area contributed by atoms with Crippen LogP contribution in [0.5, 0.6) is 5.75 Å². The van der Waals surface area contributed by atoms with Gasteiger partial charge in [-0.05, 0) is 43.4 Å². The topological polar surface area (TPSA) is 54.7 Å². The Morgan fingerprint density at radius 3 is 2.83 bits per heavy atom. The first-order chi connectivity index (χ1) is 14.4. The summed E-state index contributed by atoms with van der Waals surface area (Å²) in [5, 5.41) is 7.49. The van der Waals surface area contributed by atoms with E-state index in [0.29, 0.717) is 5.92 Å². The molecule has 0 bridgehead atoms. The van der Waals surface area contributed by atoms with Crippen molar-refractivity contribution in [3.05, 3.63) is 47.8 Å². The van der Waals surface area contributed by atoms with Crippen molar-refractivity contribution < 1.29 is 17.9 Å². The summed E-state index contributed by atoms with van der Waals surface area (Å²) in [5.41, 5.74) is 0.460. The molecule has 30 heavy (non-hydrogen) atoms. The highest BCUT2D eigenvalue weighted by atomic mass is 19.4. The zero-order chi connectivity index (χ0) is 21.6. The molecule has 2 heterocycles. The lowest BCUT2D eigenvalue weighted by Gasteiger charge is -2.21. The average Bonchev–Trinajstić information content (AvgIpc) is 3.33. The van der Waals surface area contributed by atoms with Gasteiger partial charge in [-0.2, -0.15) is 18.3 Å². The lowest BCUT2D eigenvalue weighted by atomic mass is 10.0. The minimum absolute atomic E-state index is 0.0783. The van der Waals surface area contributed by atoms with Crippen LogP contribution < -0.4 is 10.1 Å². The number of para-hydroxylation sites is 1. The van der Waals surface area contributed by atoms with Gasteiger partial charge in [-0.15, -0.1) is 0 Å². The maximum atomic E-state index is 13.1. The van der Waals surface area contributed by atoms with Crippen molar-refractivity contribution in [2.24, 2.45) is 18.0 Å². The third-order valence-corrected chi connectivity index (χ3v) is 5.01. The number of benzene rings is 1. The number of aliphatic imine (C=N–C) groups is 1. The molecular weight excluding hydrogens is 395 g/mol. The Labute approximate surface area is 174 Å². The van der Waals surface area contributed by atoms with Crippen molar-refractivity contribution in [3.63, 3.8) is 0 Å². The van der Waals surface area contributed by atoms with Crippen LogP contribution in [-0.4, -0.2) is 53.4 Å². The molecule has 1 saturated heterocycles. The summed E-state index contributed by atoms with van der Waals surface area (Å²) in [6.07, 6.45) is 1.54. The highest BCUT2D eigenvalue weighted by molar-refractivity contribution is 5.80. The number of guanidine groups is 1. The van der Waals surface area contributed by atoms with Gasteiger partial charge in [0.15, 0.2) is 5.96 Å². The number of rotatable bonds is 7. The molecule has 6 nitrogen and oxygen atoms in total. The zero-order valence-corrected chi connectivity index (χ0v) is 17.3. The average molecular weight is 423 g/mol. The number of nitrogens with one attached hydrogen (secondary N) is 1. The van der Waals surface area contributed by atoms with E-state index < -0.39 is 11.7 Å². The smallest absolute Gasteiger partial charge is 0.419 e. The molecule has 1 unspecified atom stereocenters. The fourth-order valence-corrected chi connectivity index (χ4v) is 3.66. The highest BCUT2D eigenvalue weighted by Gasteiger charge is 2.34. The van der Waals surface area contributed by atoms with E-state index >= 15 is 0 Å². The van der Waals surface area contributed by atoms with Crippen LogP contribution in [0.2, 0.25) is 0 Å². The molecular formula is C21H28F3N5O. The van der Waals surface area contributed by atoms with E-state index in [0.717, 1.165) is 44.5 Å². The van der Waals surface area contributed by atoms with Crippen molar-refractivity contribution in [3.8, 4) is 5.75 Å². The van der Waals surface area contributed by atoms with Gasteiger partial charge in [-0.1, -0.05) is 12.1 Å². The number of likely N-dealkylation sites (tertiary alicyclic amines) is 1. The third-order valence-electron chi connectivity index (χ3n) is 5.01. The normalized spacial score (nSPS) is 17.4. The summed E-state index contributed by atoms with van der Waals surface area (Å²) in [6, 6.07) is 5.24. The SMILES string of the molecule is CCNC(=NCCOc1ccccc1C(F)(F)F)N1CCC(Cc2cnn(C)c2)C1. The predicted molar refractivity (Wildman–Crippen MR) is 110 cm³/mol. The van der Waals surface area contributed by atoms with Crippen LogP contribution in [-0.2, 0) is 19.6 Å². The number of ether oxygens (including phenoxy) is 1. The van der Waals surface area contributed by atoms with Crippen molar-refractivity contribution in [1.29, 1.82) is 0 Å². The third kappa shape index (κ3) is 5.90. The summed E-state index contributed by atoms with van der Waals surface area (Å²) in [5.74, 6) is 1.13. The van der Waals surface area contributed by atoms with Crippen LogP contribution in [0.4, 0.5) is 13.2 Å². The van der Waals surface area contributed by atoms with Crippen LogP contribution in [0.1, 0.15) is 24.5 Å². The van der Waals surface area contributed by atoms with Gasteiger partial charge in [-0.3, -0.25) is 4.68 Å². The fraction of sp³-hybridized carbons (Fsp3) is 0.524. The molecule has 3 rings (SSSR count). The lowest BCUT2D eigenvalue weighted by molar-refractivity contribution is -0.138. The molecule has 1 fully saturated rings. The second kappa shape index (κ2) is 9.86. The van der Waals surface area contributed by atoms with Crippen molar-refractivity contribution in [2.75, 3.05) is 32.8 Å². The van der Waals surface area contributed by atoms with E-state index in [2.05, 4.69) is 20.3 Å². The van der Waals surface area contributed by atoms with E-state index in [4.69, 9.17) is 4.74 Å². The van der Waals surface area contributed by atoms with Crippen molar-refractivity contribution in [2.45, 2.75) is 25.9 Å². The molecule has 1 aliphatic heterocycles. The number of alkyl halides is 3. The van der Waals surface area contributed by atoms with Crippen LogP contribution in [0.3, 0.4) is 0 Å². The molecule has 0 spiro atoms. The van der Waals surface area contributed by atoms with E-state index in [1.165, 1.54) is 23.8 Å². The van der Waals surface area contributed by atoms with Gasteiger partial charge in [0.25, 0.3) is 0 Å². The predicted octanol–water partition coefficient (Wildman–Crippen LogP) is 3.35. The molecule has 2 aromatic rings. The van der Waals surface area contributed by atoms with Gasteiger partial charge in [0.2, 0.25) is 0 Å².